The molecule has 24 heavy (non-hydrogen) atoms. The van der Waals surface area contributed by atoms with Crippen molar-refractivity contribution in [3.05, 3.63) is 35.4 Å². The first-order valence-corrected chi connectivity index (χ1v) is 9.34. The molecule has 1 aromatic rings. The zero-order valence-electron chi connectivity index (χ0n) is 14.4. The van der Waals surface area contributed by atoms with Gasteiger partial charge in [0.25, 0.3) is 0 Å². The molecule has 1 spiro atoms. The lowest BCUT2D eigenvalue weighted by Gasteiger charge is -2.45. The summed E-state index contributed by atoms with van der Waals surface area (Å²) >= 11 is 0. The monoisotopic (exact) mass is 329 g/mol. The molecule has 4 rings (SSSR count). The van der Waals surface area contributed by atoms with Crippen LogP contribution in [0, 0.1) is 0 Å². The van der Waals surface area contributed by atoms with Crippen molar-refractivity contribution in [2.75, 3.05) is 6.54 Å². The SMILES string of the molecule is C[C@@H](c1ccc(C2CC2)cc1)N1CC[C@]2(CC[C@H](O)CC2)OC1=O. The number of hydrogen-bond donors (Lipinski definition) is 1. The van der Waals surface area contributed by atoms with Gasteiger partial charge in [0.2, 0.25) is 0 Å². The highest BCUT2D eigenvalue weighted by Crippen LogP contribution is 2.41. The van der Waals surface area contributed by atoms with E-state index in [4.69, 9.17) is 4.74 Å². The number of ether oxygens (including phenoxy) is 1. The predicted octanol–water partition coefficient (Wildman–Crippen LogP) is 4.14. The summed E-state index contributed by atoms with van der Waals surface area (Å²) in [6.45, 7) is 2.82. The van der Waals surface area contributed by atoms with Gasteiger partial charge in [-0.15, -0.1) is 0 Å². The Morgan fingerprint density at radius 2 is 1.79 bits per heavy atom. The van der Waals surface area contributed by atoms with Crippen LogP contribution in [0.25, 0.3) is 0 Å². The van der Waals surface area contributed by atoms with Crippen LogP contribution in [0.2, 0.25) is 0 Å². The number of rotatable bonds is 3. The average Bonchev–Trinajstić information content (AvgIpc) is 3.43. The molecule has 1 amide bonds. The second-order valence-corrected chi connectivity index (χ2v) is 7.84. The van der Waals surface area contributed by atoms with E-state index in [1.54, 1.807) is 0 Å². The molecule has 4 nitrogen and oxygen atoms in total. The molecule has 1 aliphatic heterocycles. The Balaban J connectivity index is 1.42. The molecular weight excluding hydrogens is 302 g/mol. The van der Waals surface area contributed by atoms with Crippen molar-refractivity contribution in [3.63, 3.8) is 0 Å². The minimum absolute atomic E-state index is 0.0392. The van der Waals surface area contributed by atoms with Gasteiger partial charge in [0.1, 0.15) is 5.60 Å². The Kier molecular flexibility index (Phi) is 4.03. The fraction of sp³-hybridized carbons (Fsp3) is 0.650. The highest BCUT2D eigenvalue weighted by Gasteiger charge is 2.44. The van der Waals surface area contributed by atoms with Crippen LogP contribution in [-0.4, -0.2) is 34.3 Å². The summed E-state index contributed by atoms with van der Waals surface area (Å²) in [7, 11) is 0. The summed E-state index contributed by atoms with van der Waals surface area (Å²) in [6, 6.07) is 8.78. The predicted molar refractivity (Wildman–Crippen MR) is 91.8 cm³/mol. The van der Waals surface area contributed by atoms with Crippen LogP contribution < -0.4 is 0 Å². The fourth-order valence-corrected chi connectivity index (χ4v) is 4.19. The summed E-state index contributed by atoms with van der Waals surface area (Å²) in [6.07, 6.45) is 6.13. The molecule has 4 heteroatoms. The van der Waals surface area contributed by atoms with Crippen molar-refractivity contribution in [1.29, 1.82) is 0 Å². The van der Waals surface area contributed by atoms with E-state index in [1.165, 1.54) is 24.0 Å². The fourth-order valence-electron chi connectivity index (χ4n) is 4.19. The smallest absolute Gasteiger partial charge is 0.410 e. The molecule has 0 unspecified atom stereocenters. The Bertz CT molecular complexity index is 600. The van der Waals surface area contributed by atoms with Gasteiger partial charge < -0.3 is 14.7 Å². The zero-order chi connectivity index (χ0) is 16.7. The number of carbonyl (C=O) groups is 1. The van der Waals surface area contributed by atoms with Gasteiger partial charge in [-0.1, -0.05) is 24.3 Å². The zero-order valence-corrected chi connectivity index (χ0v) is 14.4. The molecule has 2 saturated carbocycles. The van der Waals surface area contributed by atoms with E-state index >= 15 is 0 Å². The van der Waals surface area contributed by atoms with Gasteiger partial charge in [-0.05, 0) is 62.5 Å². The largest absolute Gasteiger partial charge is 0.443 e. The van der Waals surface area contributed by atoms with E-state index in [1.807, 2.05) is 4.90 Å². The van der Waals surface area contributed by atoms with Crippen LogP contribution in [0.1, 0.15) is 75.0 Å². The van der Waals surface area contributed by atoms with Crippen molar-refractivity contribution in [2.45, 2.75) is 75.5 Å². The molecule has 0 aromatic heterocycles. The van der Waals surface area contributed by atoms with Crippen LogP contribution >= 0.6 is 0 Å². The Hall–Kier alpha value is -1.55. The van der Waals surface area contributed by atoms with Gasteiger partial charge >= 0.3 is 6.09 Å². The van der Waals surface area contributed by atoms with Gasteiger partial charge in [0.05, 0.1) is 12.1 Å². The summed E-state index contributed by atoms with van der Waals surface area (Å²) < 4.78 is 5.87. The number of hydrogen-bond acceptors (Lipinski definition) is 3. The van der Waals surface area contributed by atoms with E-state index in [0.29, 0.717) is 0 Å². The number of benzene rings is 1. The first-order valence-electron chi connectivity index (χ1n) is 9.34. The van der Waals surface area contributed by atoms with E-state index < -0.39 is 0 Å². The lowest BCUT2D eigenvalue weighted by molar-refractivity contribution is -0.0908. The number of carbonyl (C=O) groups excluding carboxylic acids is 1. The minimum Gasteiger partial charge on any atom is -0.443 e. The molecule has 3 aliphatic rings. The highest BCUT2D eigenvalue weighted by atomic mass is 16.6. The third-order valence-electron chi connectivity index (χ3n) is 6.15. The Labute approximate surface area is 143 Å². The quantitative estimate of drug-likeness (QED) is 0.906. The summed E-state index contributed by atoms with van der Waals surface area (Å²) in [5.41, 5.74) is 2.26. The molecule has 1 N–H and O–H groups in total. The summed E-state index contributed by atoms with van der Waals surface area (Å²) in [5.74, 6) is 0.760. The van der Waals surface area contributed by atoms with Crippen molar-refractivity contribution in [3.8, 4) is 0 Å². The lowest BCUT2D eigenvalue weighted by Crippen LogP contribution is -2.52. The van der Waals surface area contributed by atoms with Gasteiger partial charge in [-0.3, -0.25) is 0 Å². The van der Waals surface area contributed by atoms with Crippen molar-refractivity contribution < 1.29 is 14.6 Å². The normalized spacial score (nSPS) is 31.8. The van der Waals surface area contributed by atoms with Crippen LogP contribution in [-0.2, 0) is 4.74 Å². The molecule has 1 saturated heterocycles. The maximum Gasteiger partial charge on any atom is 0.410 e. The molecule has 1 aromatic carbocycles. The molecule has 0 bridgehead atoms. The topological polar surface area (TPSA) is 49.8 Å². The molecule has 3 fully saturated rings. The molecule has 1 atom stereocenters. The first-order chi connectivity index (χ1) is 11.6. The first kappa shape index (κ1) is 15.9. The number of aliphatic hydroxyl groups excluding tert-OH is 1. The standard InChI is InChI=1S/C20H27NO3/c1-14(15-2-4-16(5-3-15)17-6-7-17)21-13-12-20(24-19(21)23)10-8-18(22)9-11-20/h2-5,14,17-18,22H,6-13H2,1H3/t14-,18-,20+/m0/s1. The lowest BCUT2D eigenvalue weighted by atomic mass is 9.80. The third kappa shape index (κ3) is 3.04. The maximum absolute atomic E-state index is 12.6. The summed E-state index contributed by atoms with van der Waals surface area (Å²) in [4.78, 5) is 14.4. The average molecular weight is 329 g/mol. The molecule has 0 radical (unpaired) electrons. The highest BCUT2D eigenvalue weighted by molar-refractivity contribution is 5.69. The second kappa shape index (κ2) is 6.07. The molecule has 2 aliphatic carbocycles. The van der Waals surface area contributed by atoms with Crippen LogP contribution in [0.15, 0.2) is 24.3 Å². The van der Waals surface area contributed by atoms with Gasteiger partial charge in [-0.25, -0.2) is 4.79 Å². The van der Waals surface area contributed by atoms with Crippen molar-refractivity contribution in [1.82, 2.24) is 4.90 Å². The van der Waals surface area contributed by atoms with Gasteiger partial charge in [-0.2, -0.15) is 0 Å². The van der Waals surface area contributed by atoms with E-state index in [9.17, 15) is 9.90 Å². The van der Waals surface area contributed by atoms with Crippen molar-refractivity contribution in [2.24, 2.45) is 0 Å². The Morgan fingerprint density at radius 1 is 1.12 bits per heavy atom. The van der Waals surface area contributed by atoms with Crippen LogP contribution in [0.5, 0.6) is 0 Å². The number of aliphatic hydroxyl groups is 1. The van der Waals surface area contributed by atoms with Crippen LogP contribution in [0.4, 0.5) is 4.79 Å². The number of nitrogens with zero attached hydrogens (tertiary/aromatic N) is 1. The maximum atomic E-state index is 12.6. The van der Waals surface area contributed by atoms with Crippen LogP contribution in [0.3, 0.4) is 0 Å². The summed E-state index contributed by atoms with van der Waals surface area (Å²) in [5, 5.41) is 9.69. The van der Waals surface area contributed by atoms with Crippen molar-refractivity contribution >= 4 is 6.09 Å². The number of amides is 1. The van der Waals surface area contributed by atoms with E-state index in [-0.39, 0.29) is 23.8 Å². The molecular formula is C20H27NO3. The third-order valence-corrected chi connectivity index (χ3v) is 6.15. The minimum atomic E-state index is -0.331. The van der Waals surface area contributed by atoms with Gasteiger partial charge in [0, 0.05) is 13.0 Å². The van der Waals surface area contributed by atoms with E-state index in [0.717, 1.165) is 44.6 Å². The molecule has 1 heterocycles. The van der Waals surface area contributed by atoms with Gasteiger partial charge in [0.15, 0.2) is 0 Å². The second-order valence-electron chi connectivity index (χ2n) is 7.84. The Morgan fingerprint density at radius 3 is 2.38 bits per heavy atom. The van der Waals surface area contributed by atoms with E-state index in [2.05, 4.69) is 31.2 Å². The molecule has 130 valence electrons.